The minimum absolute atomic E-state index is 0.139. The summed E-state index contributed by atoms with van der Waals surface area (Å²) in [7, 11) is 0. The molecule has 8 nitrogen and oxygen atoms in total. The molecule has 0 radical (unpaired) electrons. The quantitative estimate of drug-likeness (QED) is 0.653. The van der Waals surface area contributed by atoms with Crippen molar-refractivity contribution >= 4 is 35.1 Å². The number of piperazine rings is 1. The zero-order chi connectivity index (χ0) is 24.3. The monoisotopic (exact) mass is 481 g/mol. The molecule has 2 atom stereocenters. The number of rotatable bonds is 4. The summed E-state index contributed by atoms with van der Waals surface area (Å²) in [6, 6.07) is 4.24. The molecule has 3 aliphatic heterocycles. The first-order valence-corrected chi connectivity index (χ1v) is 13.3. The predicted molar refractivity (Wildman–Crippen MR) is 137 cm³/mol. The second-order valence-corrected chi connectivity index (χ2v) is 12.6. The topological polar surface area (TPSA) is 78.4 Å². The lowest BCUT2D eigenvalue weighted by Gasteiger charge is -2.46. The maximum Gasteiger partial charge on any atom is 0.238 e. The fraction of sp³-hybridized carbons (Fsp3) is 0.640. The normalized spacial score (nSPS) is 26.0. The Bertz CT molecular complexity index is 1080. The zero-order valence-electron chi connectivity index (χ0n) is 21.1. The van der Waals surface area contributed by atoms with Crippen molar-refractivity contribution in [3.05, 3.63) is 29.7 Å². The van der Waals surface area contributed by atoms with E-state index in [2.05, 4.69) is 72.5 Å². The maximum atomic E-state index is 13.2. The molecule has 2 aromatic rings. The fourth-order valence-corrected chi connectivity index (χ4v) is 6.33. The Morgan fingerprint density at radius 2 is 1.85 bits per heavy atom. The molecule has 1 amide bonds. The number of hydrogen-bond donors (Lipinski definition) is 0. The van der Waals surface area contributed by atoms with Crippen molar-refractivity contribution in [2.24, 2.45) is 0 Å². The van der Waals surface area contributed by atoms with Crippen LogP contribution in [0.25, 0.3) is 0 Å². The van der Waals surface area contributed by atoms with Gasteiger partial charge in [0.15, 0.2) is 5.82 Å². The Balaban J connectivity index is 1.41. The zero-order valence-corrected chi connectivity index (χ0v) is 21.9. The minimum atomic E-state index is -0.235. The number of hydrogen-bond acceptors (Lipinski definition) is 8. The van der Waals surface area contributed by atoms with E-state index in [9.17, 15) is 4.79 Å². The lowest BCUT2D eigenvalue weighted by molar-refractivity contribution is -0.136. The van der Waals surface area contributed by atoms with Crippen LogP contribution in [0.15, 0.2) is 18.5 Å². The van der Waals surface area contributed by atoms with Gasteiger partial charge in [-0.05, 0) is 44.1 Å². The van der Waals surface area contributed by atoms with Crippen molar-refractivity contribution in [2.45, 2.75) is 70.1 Å². The van der Waals surface area contributed by atoms with Gasteiger partial charge in [-0.3, -0.25) is 4.79 Å². The van der Waals surface area contributed by atoms with E-state index in [1.165, 1.54) is 0 Å². The van der Waals surface area contributed by atoms with Gasteiger partial charge in [0.1, 0.15) is 18.0 Å². The summed E-state index contributed by atoms with van der Waals surface area (Å²) in [6.45, 7) is 16.0. The number of thioether (sulfide) groups is 1. The first-order valence-electron chi connectivity index (χ1n) is 12.3. The van der Waals surface area contributed by atoms with Crippen LogP contribution in [0.5, 0.6) is 0 Å². The third-order valence-electron chi connectivity index (χ3n) is 7.47. The van der Waals surface area contributed by atoms with E-state index in [1.54, 1.807) is 18.1 Å². The van der Waals surface area contributed by atoms with Crippen molar-refractivity contribution in [3.63, 3.8) is 0 Å². The number of amides is 1. The van der Waals surface area contributed by atoms with E-state index in [0.717, 1.165) is 67.1 Å². The molecule has 182 valence electrons. The molecule has 0 saturated carbocycles. The van der Waals surface area contributed by atoms with Crippen LogP contribution in [-0.2, 0) is 10.2 Å². The van der Waals surface area contributed by atoms with Crippen molar-refractivity contribution in [3.8, 4) is 0 Å². The lowest BCUT2D eigenvalue weighted by Crippen LogP contribution is -2.60. The van der Waals surface area contributed by atoms with E-state index >= 15 is 0 Å². The molecule has 0 aromatic carbocycles. The molecule has 0 bridgehead atoms. The summed E-state index contributed by atoms with van der Waals surface area (Å²) in [5.74, 6) is 4.42. The Hall–Kier alpha value is -2.42. The van der Waals surface area contributed by atoms with Crippen LogP contribution in [0.4, 0.5) is 17.5 Å². The van der Waals surface area contributed by atoms with Gasteiger partial charge in [0.2, 0.25) is 5.91 Å². The Morgan fingerprint density at radius 1 is 1.12 bits per heavy atom. The summed E-state index contributed by atoms with van der Waals surface area (Å²) in [5, 5.41) is 8.96. The van der Waals surface area contributed by atoms with Crippen LogP contribution in [0.2, 0.25) is 0 Å². The summed E-state index contributed by atoms with van der Waals surface area (Å²) >= 11 is 1.78. The van der Waals surface area contributed by atoms with Crippen molar-refractivity contribution in [2.75, 3.05) is 41.7 Å². The molecular formula is C25H35N7OS. The number of carbonyl (C=O) groups excluding carboxylic acids is 1. The first kappa shape index (κ1) is 23.3. The predicted octanol–water partition coefficient (Wildman–Crippen LogP) is 3.75. The average molecular weight is 482 g/mol. The van der Waals surface area contributed by atoms with Crippen molar-refractivity contribution in [1.29, 1.82) is 0 Å². The van der Waals surface area contributed by atoms with E-state index in [1.807, 2.05) is 6.07 Å². The Morgan fingerprint density at radius 3 is 2.44 bits per heavy atom. The molecule has 0 aliphatic carbocycles. The lowest BCUT2D eigenvalue weighted by atomic mass is 9.87. The molecule has 0 spiro atoms. The smallest absolute Gasteiger partial charge is 0.238 e. The van der Waals surface area contributed by atoms with Crippen LogP contribution in [0.1, 0.15) is 65.1 Å². The van der Waals surface area contributed by atoms with E-state index in [4.69, 9.17) is 9.97 Å². The molecule has 5 heterocycles. The molecule has 2 aromatic heterocycles. The molecule has 2 saturated heterocycles. The highest BCUT2D eigenvalue weighted by atomic mass is 32.2. The first-order chi connectivity index (χ1) is 16.1. The van der Waals surface area contributed by atoms with Gasteiger partial charge in [-0.2, -0.15) is 5.10 Å². The summed E-state index contributed by atoms with van der Waals surface area (Å²) in [4.78, 5) is 29.2. The van der Waals surface area contributed by atoms with Crippen molar-refractivity contribution in [1.82, 2.24) is 25.1 Å². The standard InChI is InChI=1S/C25H35N7OS/c1-16(2)18-7-8-19(29-28-18)32-14-24(4,5)20-21(26-15-27-22(20)32)30-10-11-31(17(3)13-30)23(33)25(6)9-12-34-25/h7-8,15-17H,9-14H2,1-6H3. The molecule has 34 heavy (non-hydrogen) atoms. The largest absolute Gasteiger partial charge is 0.352 e. The van der Waals surface area contributed by atoms with Gasteiger partial charge in [0.25, 0.3) is 0 Å². The third kappa shape index (κ3) is 3.82. The van der Waals surface area contributed by atoms with E-state index < -0.39 is 0 Å². The second-order valence-electron chi connectivity index (χ2n) is 11.0. The number of carbonyl (C=O) groups is 1. The number of anilines is 3. The summed E-state index contributed by atoms with van der Waals surface area (Å²) in [5.41, 5.74) is 2.00. The van der Waals surface area contributed by atoms with Gasteiger partial charge < -0.3 is 14.7 Å². The third-order valence-corrected chi connectivity index (χ3v) is 8.90. The Labute approximate surface area is 206 Å². The SMILES string of the molecule is CC(C)c1ccc(N2CC(C)(C)c3c(N4CCN(C(=O)C5(C)CCS5)C(C)C4)ncnc32)nn1. The molecule has 9 heteroatoms. The molecule has 0 N–H and O–H groups in total. The molecular weight excluding hydrogens is 446 g/mol. The molecule has 3 aliphatic rings. The van der Waals surface area contributed by atoms with E-state index in [-0.39, 0.29) is 16.2 Å². The summed E-state index contributed by atoms with van der Waals surface area (Å²) < 4.78 is -0.235. The van der Waals surface area contributed by atoms with Gasteiger partial charge in [-0.1, -0.05) is 27.7 Å². The van der Waals surface area contributed by atoms with E-state index in [0.29, 0.717) is 11.8 Å². The highest BCUT2D eigenvalue weighted by molar-refractivity contribution is 8.02. The van der Waals surface area contributed by atoms with Gasteiger partial charge in [0, 0.05) is 43.2 Å². The van der Waals surface area contributed by atoms with Crippen LogP contribution < -0.4 is 9.80 Å². The molecule has 2 fully saturated rings. The number of fused-ring (bicyclic) bond motifs is 1. The van der Waals surface area contributed by atoms with Gasteiger partial charge in [0.05, 0.1) is 10.4 Å². The molecule has 2 unspecified atom stereocenters. The van der Waals surface area contributed by atoms with Crippen LogP contribution in [-0.4, -0.2) is 73.7 Å². The number of aromatic nitrogens is 4. The highest BCUT2D eigenvalue weighted by Crippen LogP contribution is 2.47. The van der Waals surface area contributed by atoms with Crippen LogP contribution in [0.3, 0.4) is 0 Å². The van der Waals surface area contributed by atoms with Gasteiger partial charge in [-0.25, -0.2) is 9.97 Å². The molecule has 5 rings (SSSR count). The van der Waals surface area contributed by atoms with Crippen molar-refractivity contribution < 1.29 is 4.79 Å². The number of nitrogens with zero attached hydrogens (tertiary/aromatic N) is 7. The minimum Gasteiger partial charge on any atom is -0.352 e. The maximum absolute atomic E-state index is 13.2. The van der Waals surface area contributed by atoms with Gasteiger partial charge in [-0.15, -0.1) is 16.9 Å². The van der Waals surface area contributed by atoms with Crippen LogP contribution in [0, 0.1) is 0 Å². The van der Waals surface area contributed by atoms with Crippen LogP contribution >= 0.6 is 11.8 Å². The second kappa shape index (κ2) is 8.36. The average Bonchev–Trinajstić information content (AvgIpc) is 3.08. The fourth-order valence-electron chi connectivity index (χ4n) is 5.28. The van der Waals surface area contributed by atoms with Gasteiger partial charge >= 0.3 is 0 Å². The highest BCUT2D eigenvalue weighted by Gasteiger charge is 2.46. The summed E-state index contributed by atoms with van der Waals surface area (Å²) in [6.07, 6.45) is 2.64. The Kier molecular flexibility index (Phi) is 5.73.